The molecule has 0 radical (unpaired) electrons. The maximum absolute atomic E-state index is 12.3. The quantitative estimate of drug-likeness (QED) is 0.844. The van der Waals surface area contributed by atoms with Crippen molar-refractivity contribution in [2.24, 2.45) is 5.92 Å². The van der Waals surface area contributed by atoms with Crippen molar-refractivity contribution in [1.82, 2.24) is 4.90 Å². The third-order valence-electron chi connectivity index (χ3n) is 3.99. The van der Waals surface area contributed by atoms with Gasteiger partial charge in [0.2, 0.25) is 0 Å². The number of ether oxygens (including phenoxy) is 1. The maximum atomic E-state index is 12.3. The topological polar surface area (TPSA) is 29.5 Å². The van der Waals surface area contributed by atoms with Gasteiger partial charge in [0.15, 0.2) is 5.78 Å². The third-order valence-corrected chi connectivity index (χ3v) is 3.99. The Labute approximate surface area is 119 Å². The molecule has 3 rings (SSSR count). The number of Topliss-reactive ketones (excluding diaryl/α,β-unsaturated/α-hetero) is 1. The van der Waals surface area contributed by atoms with Crippen LogP contribution in [0.5, 0.6) is 0 Å². The summed E-state index contributed by atoms with van der Waals surface area (Å²) in [7, 11) is 1.68. The molecular weight excluding hydrogens is 250 g/mol. The summed E-state index contributed by atoms with van der Waals surface area (Å²) in [5.74, 6) is 1.27. The Hall–Kier alpha value is -1.87. The average Bonchev–Trinajstić information content (AvgIpc) is 2.47. The van der Waals surface area contributed by atoms with Crippen LogP contribution >= 0.6 is 0 Å². The molecule has 1 atom stereocenters. The number of rotatable bonds is 3. The molecule has 0 spiro atoms. The number of allylic oxidation sites excluding steroid dienone is 2. The fourth-order valence-electron chi connectivity index (χ4n) is 2.96. The summed E-state index contributed by atoms with van der Waals surface area (Å²) in [6, 6.07) is 10.3. The Morgan fingerprint density at radius 3 is 2.80 bits per heavy atom. The van der Waals surface area contributed by atoms with Crippen LogP contribution in [0.1, 0.15) is 12.0 Å². The zero-order chi connectivity index (χ0) is 13.9. The lowest BCUT2D eigenvalue weighted by molar-refractivity contribution is -0.124. The molecule has 1 aliphatic heterocycles. The number of fused-ring (bicyclic) bond motifs is 1. The summed E-state index contributed by atoms with van der Waals surface area (Å²) in [5, 5.41) is 0. The molecule has 3 nitrogen and oxygen atoms in total. The number of ketones is 1. The number of hydrogen-bond acceptors (Lipinski definition) is 3. The molecule has 104 valence electrons. The number of piperidine rings is 1. The van der Waals surface area contributed by atoms with E-state index in [-0.39, 0.29) is 5.92 Å². The largest absolute Gasteiger partial charge is 0.497 e. The highest BCUT2D eigenvalue weighted by Gasteiger charge is 2.32. The minimum atomic E-state index is 0.0703. The van der Waals surface area contributed by atoms with Gasteiger partial charge in [-0.05, 0) is 29.7 Å². The predicted molar refractivity (Wildman–Crippen MR) is 78.0 cm³/mol. The van der Waals surface area contributed by atoms with Gasteiger partial charge in [-0.15, -0.1) is 0 Å². The normalized spacial score (nSPS) is 22.9. The highest BCUT2D eigenvalue weighted by atomic mass is 16.5. The molecule has 1 heterocycles. The fraction of sp³-hybridized carbons (Fsp3) is 0.353. The van der Waals surface area contributed by atoms with E-state index in [4.69, 9.17) is 4.74 Å². The van der Waals surface area contributed by atoms with Crippen molar-refractivity contribution >= 4 is 5.78 Å². The highest BCUT2D eigenvalue weighted by Crippen LogP contribution is 2.30. The summed E-state index contributed by atoms with van der Waals surface area (Å²) in [6.45, 7) is 2.22. The molecule has 1 saturated heterocycles. The van der Waals surface area contributed by atoms with Crippen LogP contribution in [0, 0.1) is 5.92 Å². The zero-order valence-electron chi connectivity index (χ0n) is 11.7. The SMILES string of the molecule is COC1=CCC2C(=O)CN(Cc3ccccc3)CC2=C1. The first-order valence-electron chi connectivity index (χ1n) is 7.00. The Bertz CT molecular complexity index is 560. The number of benzene rings is 1. The van der Waals surface area contributed by atoms with E-state index in [9.17, 15) is 4.79 Å². The minimum absolute atomic E-state index is 0.0703. The van der Waals surface area contributed by atoms with Crippen molar-refractivity contribution in [2.45, 2.75) is 13.0 Å². The summed E-state index contributed by atoms with van der Waals surface area (Å²) in [6.07, 6.45) is 4.83. The third kappa shape index (κ3) is 2.68. The predicted octanol–water partition coefficient (Wildman–Crippen LogP) is 2.55. The summed E-state index contributed by atoms with van der Waals surface area (Å²) < 4.78 is 5.28. The summed E-state index contributed by atoms with van der Waals surface area (Å²) >= 11 is 0. The van der Waals surface area contributed by atoms with Crippen molar-refractivity contribution in [3.8, 4) is 0 Å². The van der Waals surface area contributed by atoms with E-state index in [1.807, 2.05) is 30.4 Å². The Kier molecular flexibility index (Phi) is 3.70. The molecular formula is C17H19NO2. The van der Waals surface area contributed by atoms with Crippen LogP contribution in [0.15, 0.2) is 53.8 Å². The smallest absolute Gasteiger partial charge is 0.154 e. The number of nitrogens with zero attached hydrogens (tertiary/aromatic N) is 1. The molecule has 0 saturated carbocycles. The van der Waals surface area contributed by atoms with Crippen molar-refractivity contribution < 1.29 is 9.53 Å². The van der Waals surface area contributed by atoms with E-state index in [0.717, 1.165) is 25.3 Å². The lowest BCUT2D eigenvalue weighted by Gasteiger charge is -2.34. The van der Waals surface area contributed by atoms with E-state index >= 15 is 0 Å². The molecule has 2 aliphatic rings. The van der Waals surface area contributed by atoms with E-state index in [1.165, 1.54) is 11.1 Å². The highest BCUT2D eigenvalue weighted by molar-refractivity contribution is 5.87. The number of carbonyl (C=O) groups is 1. The second-order valence-electron chi connectivity index (χ2n) is 5.42. The fourth-order valence-corrected chi connectivity index (χ4v) is 2.96. The van der Waals surface area contributed by atoms with E-state index < -0.39 is 0 Å². The van der Waals surface area contributed by atoms with Crippen LogP contribution in [-0.2, 0) is 16.1 Å². The molecule has 1 aromatic rings. The van der Waals surface area contributed by atoms with Crippen LogP contribution in [0.3, 0.4) is 0 Å². The van der Waals surface area contributed by atoms with E-state index in [2.05, 4.69) is 17.0 Å². The van der Waals surface area contributed by atoms with Gasteiger partial charge in [-0.3, -0.25) is 9.69 Å². The van der Waals surface area contributed by atoms with Crippen LogP contribution < -0.4 is 0 Å². The molecule has 0 N–H and O–H groups in total. The second kappa shape index (κ2) is 5.63. The summed E-state index contributed by atoms with van der Waals surface area (Å²) in [4.78, 5) is 14.5. The molecule has 1 fully saturated rings. The molecule has 0 amide bonds. The zero-order valence-corrected chi connectivity index (χ0v) is 11.7. The first kappa shape index (κ1) is 13.1. The van der Waals surface area contributed by atoms with Crippen LogP contribution in [0.2, 0.25) is 0 Å². The Balaban J connectivity index is 1.75. The van der Waals surface area contributed by atoms with Gasteiger partial charge in [0.25, 0.3) is 0 Å². The summed E-state index contributed by atoms with van der Waals surface area (Å²) in [5.41, 5.74) is 2.44. The van der Waals surface area contributed by atoms with Gasteiger partial charge >= 0.3 is 0 Å². The number of carbonyl (C=O) groups excluding carboxylic acids is 1. The van der Waals surface area contributed by atoms with Gasteiger partial charge in [-0.1, -0.05) is 30.3 Å². The lowest BCUT2D eigenvalue weighted by atomic mass is 9.84. The van der Waals surface area contributed by atoms with Gasteiger partial charge in [-0.2, -0.15) is 0 Å². The molecule has 1 aromatic carbocycles. The molecule has 1 unspecified atom stereocenters. The van der Waals surface area contributed by atoms with Crippen LogP contribution in [0.25, 0.3) is 0 Å². The van der Waals surface area contributed by atoms with Gasteiger partial charge in [0.05, 0.1) is 13.7 Å². The van der Waals surface area contributed by atoms with Crippen molar-refractivity contribution in [3.63, 3.8) is 0 Å². The monoisotopic (exact) mass is 269 g/mol. The average molecular weight is 269 g/mol. The molecule has 3 heteroatoms. The van der Waals surface area contributed by atoms with Crippen molar-refractivity contribution in [2.75, 3.05) is 20.2 Å². The number of hydrogen-bond donors (Lipinski definition) is 0. The standard InChI is InChI=1S/C17H19NO2/c1-20-15-7-8-16-14(9-15)11-18(12-17(16)19)10-13-5-3-2-4-6-13/h2-7,9,16H,8,10-12H2,1H3. The number of likely N-dealkylation sites (tertiary alicyclic amines) is 1. The second-order valence-corrected chi connectivity index (χ2v) is 5.42. The first-order chi connectivity index (χ1) is 9.76. The van der Waals surface area contributed by atoms with Gasteiger partial charge in [0, 0.05) is 19.0 Å². The van der Waals surface area contributed by atoms with Gasteiger partial charge in [-0.25, -0.2) is 0 Å². The lowest BCUT2D eigenvalue weighted by Crippen LogP contribution is -2.42. The molecule has 0 aromatic heterocycles. The van der Waals surface area contributed by atoms with E-state index in [1.54, 1.807) is 7.11 Å². The Morgan fingerprint density at radius 2 is 2.05 bits per heavy atom. The van der Waals surface area contributed by atoms with E-state index in [0.29, 0.717) is 12.3 Å². The van der Waals surface area contributed by atoms with Crippen LogP contribution in [0.4, 0.5) is 0 Å². The van der Waals surface area contributed by atoms with Gasteiger partial charge in [0.1, 0.15) is 5.76 Å². The first-order valence-corrected chi connectivity index (χ1v) is 7.00. The minimum Gasteiger partial charge on any atom is -0.497 e. The van der Waals surface area contributed by atoms with Crippen LogP contribution in [-0.4, -0.2) is 30.9 Å². The van der Waals surface area contributed by atoms with Crippen molar-refractivity contribution in [1.29, 1.82) is 0 Å². The maximum Gasteiger partial charge on any atom is 0.154 e. The molecule has 0 bridgehead atoms. The Morgan fingerprint density at radius 1 is 1.25 bits per heavy atom. The van der Waals surface area contributed by atoms with Gasteiger partial charge < -0.3 is 4.74 Å². The molecule has 20 heavy (non-hydrogen) atoms. The van der Waals surface area contributed by atoms with Crippen molar-refractivity contribution in [3.05, 3.63) is 59.4 Å². The molecule has 1 aliphatic carbocycles. The number of methoxy groups -OCH3 is 1.